The van der Waals surface area contributed by atoms with Crippen molar-refractivity contribution in [2.24, 2.45) is 0 Å². The first-order valence-electron chi connectivity index (χ1n) is 15.1. The molecule has 212 valence electrons. The van der Waals surface area contributed by atoms with E-state index in [0.29, 0.717) is 0 Å². The number of fused-ring (bicyclic) bond motifs is 6. The molecule has 3 heteroatoms. The minimum absolute atomic E-state index is 0.899. The van der Waals surface area contributed by atoms with Crippen molar-refractivity contribution >= 4 is 59.7 Å². The standard InChI is InChI=1S/C42H26BrNO/c43-33-18-13-27(14-19-33)30-17-22-41-38(25-30)36-20-15-32(26-42(36)45-41)29-8-6-7-28(23-29)31-16-21-40-37(24-31)35-11-4-5-12-39(35)44(40)34-9-2-1-3-10-34/h1-26H. The fraction of sp³-hybridized carbons (Fsp3) is 0. The van der Waals surface area contributed by atoms with Crippen LogP contribution in [0.2, 0.25) is 0 Å². The molecule has 0 bridgehead atoms. The topological polar surface area (TPSA) is 18.1 Å². The molecule has 0 unspecified atom stereocenters. The second-order valence-corrected chi connectivity index (χ2v) is 12.4. The molecule has 9 aromatic rings. The highest BCUT2D eigenvalue weighted by atomic mass is 79.9. The Morgan fingerprint density at radius 1 is 0.378 bits per heavy atom. The number of furan rings is 1. The average molecular weight is 641 g/mol. The fourth-order valence-electron chi connectivity index (χ4n) is 6.66. The lowest BCUT2D eigenvalue weighted by molar-refractivity contribution is 0.669. The number of hydrogen-bond acceptors (Lipinski definition) is 1. The number of aromatic nitrogens is 1. The van der Waals surface area contributed by atoms with Crippen molar-refractivity contribution in [2.45, 2.75) is 0 Å². The summed E-state index contributed by atoms with van der Waals surface area (Å²) in [6.45, 7) is 0. The van der Waals surface area contributed by atoms with Gasteiger partial charge in [0.15, 0.2) is 0 Å². The molecule has 0 radical (unpaired) electrons. The Bertz CT molecular complexity index is 2540. The molecule has 0 aliphatic carbocycles. The third-order valence-corrected chi connectivity index (χ3v) is 9.39. The molecule has 7 aromatic carbocycles. The van der Waals surface area contributed by atoms with Crippen LogP contribution in [-0.4, -0.2) is 4.57 Å². The Morgan fingerprint density at radius 3 is 1.84 bits per heavy atom. The van der Waals surface area contributed by atoms with Gasteiger partial charge in [-0.15, -0.1) is 0 Å². The van der Waals surface area contributed by atoms with Crippen LogP contribution in [0.1, 0.15) is 0 Å². The Morgan fingerprint density at radius 2 is 1.00 bits per heavy atom. The zero-order valence-electron chi connectivity index (χ0n) is 24.2. The van der Waals surface area contributed by atoms with Gasteiger partial charge in [-0.05, 0) is 106 Å². The van der Waals surface area contributed by atoms with Crippen LogP contribution < -0.4 is 0 Å². The lowest BCUT2D eigenvalue weighted by Gasteiger charge is -2.09. The molecule has 0 aliphatic rings. The van der Waals surface area contributed by atoms with Crippen LogP contribution in [0, 0.1) is 0 Å². The Hall–Kier alpha value is -5.38. The van der Waals surface area contributed by atoms with Crippen LogP contribution in [0.4, 0.5) is 0 Å². The second kappa shape index (κ2) is 10.4. The predicted octanol–water partition coefficient (Wildman–Crippen LogP) is 12.4. The number of rotatable bonds is 4. The van der Waals surface area contributed by atoms with Gasteiger partial charge in [-0.3, -0.25) is 0 Å². The molecule has 0 saturated carbocycles. The summed E-state index contributed by atoms with van der Waals surface area (Å²) >= 11 is 3.54. The van der Waals surface area contributed by atoms with Gasteiger partial charge in [0.2, 0.25) is 0 Å². The number of nitrogens with zero attached hydrogens (tertiary/aromatic N) is 1. The number of halogens is 1. The van der Waals surface area contributed by atoms with Crippen LogP contribution in [0.5, 0.6) is 0 Å². The monoisotopic (exact) mass is 639 g/mol. The molecular weight excluding hydrogens is 614 g/mol. The normalized spacial score (nSPS) is 11.7. The predicted molar refractivity (Wildman–Crippen MR) is 192 cm³/mol. The summed E-state index contributed by atoms with van der Waals surface area (Å²) in [7, 11) is 0. The first-order valence-corrected chi connectivity index (χ1v) is 15.9. The molecule has 0 N–H and O–H groups in total. The van der Waals surface area contributed by atoms with Gasteiger partial charge in [0.25, 0.3) is 0 Å². The van der Waals surface area contributed by atoms with Crippen LogP contribution >= 0.6 is 15.9 Å². The Balaban J connectivity index is 1.11. The van der Waals surface area contributed by atoms with E-state index in [1.807, 2.05) is 0 Å². The summed E-state index contributed by atoms with van der Waals surface area (Å²) in [5.74, 6) is 0. The summed E-state index contributed by atoms with van der Waals surface area (Å²) in [6.07, 6.45) is 0. The molecule has 0 aliphatic heterocycles. The van der Waals surface area contributed by atoms with Gasteiger partial charge >= 0.3 is 0 Å². The third kappa shape index (κ3) is 4.39. The molecule has 2 heterocycles. The maximum Gasteiger partial charge on any atom is 0.136 e. The Labute approximate surface area is 268 Å². The molecular formula is C42H26BrNO. The van der Waals surface area contributed by atoms with Gasteiger partial charge in [0.05, 0.1) is 11.0 Å². The van der Waals surface area contributed by atoms with Crippen molar-refractivity contribution in [3.63, 3.8) is 0 Å². The molecule has 0 saturated heterocycles. The molecule has 0 atom stereocenters. The fourth-order valence-corrected chi connectivity index (χ4v) is 6.93. The molecule has 45 heavy (non-hydrogen) atoms. The summed E-state index contributed by atoms with van der Waals surface area (Å²) in [5.41, 5.74) is 12.5. The van der Waals surface area contributed by atoms with E-state index >= 15 is 0 Å². The van der Waals surface area contributed by atoms with Gasteiger partial charge in [0, 0.05) is 31.7 Å². The molecule has 2 aromatic heterocycles. The smallest absolute Gasteiger partial charge is 0.136 e. The molecule has 0 spiro atoms. The van der Waals surface area contributed by atoms with E-state index < -0.39 is 0 Å². The van der Waals surface area contributed by atoms with Crippen molar-refractivity contribution in [1.29, 1.82) is 0 Å². The first kappa shape index (κ1) is 26.1. The molecule has 2 nitrogen and oxygen atoms in total. The van der Waals surface area contributed by atoms with Crippen molar-refractivity contribution < 1.29 is 4.42 Å². The largest absolute Gasteiger partial charge is 0.456 e. The van der Waals surface area contributed by atoms with E-state index in [1.165, 1.54) is 49.7 Å². The molecule has 9 rings (SSSR count). The van der Waals surface area contributed by atoms with Gasteiger partial charge < -0.3 is 8.98 Å². The van der Waals surface area contributed by atoms with Crippen molar-refractivity contribution in [2.75, 3.05) is 0 Å². The van der Waals surface area contributed by atoms with E-state index in [1.54, 1.807) is 0 Å². The minimum atomic E-state index is 0.899. The van der Waals surface area contributed by atoms with Gasteiger partial charge in [-0.2, -0.15) is 0 Å². The highest BCUT2D eigenvalue weighted by Crippen LogP contribution is 2.38. The molecule has 0 amide bonds. The van der Waals surface area contributed by atoms with Gasteiger partial charge in [0.1, 0.15) is 11.2 Å². The van der Waals surface area contributed by atoms with Crippen molar-refractivity contribution in [3.05, 3.63) is 162 Å². The third-order valence-electron chi connectivity index (χ3n) is 8.87. The zero-order chi connectivity index (χ0) is 29.9. The highest BCUT2D eigenvalue weighted by molar-refractivity contribution is 9.10. The van der Waals surface area contributed by atoms with E-state index in [2.05, 4.69) is 178 Å². The number of para-hydroxylation sites is 2. The Kier molecular flexibility index (Phi) is 6.00. The second-order valence-electron chi connectivity index (χ2n) is 11.5. The van der Waals surface area contributed by atoms with Crippen LogP contribution in [0.15, 0.2) is 167 Å². The van der Waals surface area contributed by atoms with Crippen molar-refractivity contribution in [3.8, 4) is 39.1 Å². The maximum atomic E-state index is 6.36. The molecule has 0 fully saturated rings. The average Bonchev–Trinajstić information content (AvgIpc) is 3.63. The van der Waals surface area contributed by atoms with E-state index in [9.17, 15) is 0 Å². The summed E-state index contributed by atoms with van der Waals surface area (Å²) < 4.78 is 9.79. The summed E-state index contributed by atoms with van der Waals surface area (Å²) in [6, 6.07) is 56.4. The van der Waals surface area contributed by atoms with E-state index in [-0.39, 0.29) is 0 Å². The first-order chi connectivity index (χ1) is 22.2. The van der Waals surface area contributed by atoms with E-state index in [4.69, 9.17) is 4.42 Å². The van der Waals surface area contributed by atoms with Crippen molar-refractivity contribution in [1.82, 2.24) is 4.57 Å². The highest BCUT2D eigenvalue weighted by Gasteiger charge is 2.14. The van der Waals surface area contributed by atoms with Gasteiger partial charge in [-0.25, -0.2) is 0 Å². The maximum absolute atomic E-state index is 6.36. The van der Waals surface area contributed by atoms with Crippen LogP contribution in [0.3, 0.4) is 0 Å². The van der Waals surface area contributed by atoms with Crippen LogP contribution in [0.25, 0.3) is 82.8 Å². The number of benzene rings is 7. The summed E-state index contributed by atoms with van der Waals surface area (Å²) in [5, 5.41) is 4.77. The van der Waals surface area contributed by atoms with Gasteiger partial charge in [-0.1, -0.05) is 101 Å². The zero-order valence-corrected chi connectivity index (χ0v) is 25.8. The number of hydrogen-bond donors (Lipinski definition) is 0. The lowest BCUT2D eigenvalue weighted by Crippen LogP contribution is -1.92. The minimum Gasteiger partial charge on any atom is -0.456 e. The lowest BCUT2D eigenvalue weighted by atomic mass is 9.97. The van der Waals surface area contributed by atoms with E-state index in [0.717, 1.165) is 37.5 Å². The van der Waals surface area contributed by atoms with Crippen LogP contribution in [-0.2, 0) is 0 Å². The quantitative estimate of drug-likeness (QED) is 0.187. The summed E-state index contributed by atoms with van der Waals surface area (Å²) in [4.78, 5) is 0. The SMILES string of the molecule is Brc1ccc(-c2ccc3oc4cc(-c5cccc(-c6ccc7c(c6)c6ccccc6n7-c6ccccc6)c5)ccc4c3c2)cc1.